The molecule has 98 valence electrons. The fourth-order valence-electron chi connectivity index (χ4n) is 2.27. The molecule has 2 heterocycles. The van der Waals surface area contributed by atoms with E-state index in [0.717, 1.165) is 19.5 Å². The highest BCUT2D eigenvalue weighted by Gasteiger charge is 2.21. The molecule has 18 heavy (non-hydrogen) atoms. The van der Waals surface area contributed by atoms with Gasteiger partial charge in [-0.15, -0.1) is 0 Å². The molecule has 1 amide bonds. The van der Waals surface area contributed by atoms with Gasteiger partial charge in [0.05, 0.1) is 6.20 Å². The van der Waals surface area contributed by atoms with Crippen molar-refractivity contribution in [1.82, 2.24) is 20.2 Å². The number of carbonyl (C=O) groups is 1. The first-order valence-corrected chi connectivity index (χ1v) is 6.60. The zero-order valence-corrected chi connectivity index (χ0v) is 10.8. The minimum Gasteiger partial charge on any atom is -0.336 e. The standard InChI is InChI=1S/C13H20N4O/c1-2-17(10-11-5-3-4-6-15-11)13(18)12-9-14-7-8-16-12/h7-9,11,15H,2-6,10H2,1H3. The summed E-state index contributed by atoms with van der Waals surface area (Å²) >= 11 is 0. The molecule has 1 N–H and O–H groups in total. The lowest BCUT2D eigenvalue weighted by Crippen LogP contribution is -2.45. The number of piperidine rings is 1. The van der Waals surface area contributed by atoms with E-state index in [0.29, 0.717) is 18.3 Å². The van der Waals surface area contributed by atoms with Crippen molar-refractivity contribution in [3.8, 4) is 0 Å². The van der Waals surface area contributed by atoms with Gasteiger partial charge in [0.15, 0.2) is 0 Å². The van der Waals surface area contributed by atoms with Crippen LogP contribution in [0.25, 0.3) is 0 Å². The summed E-state index contributed by atoms with van der Waals surface area (Å²) in [5, 5.41) is 3.46. The molecule has 1 aliphatic heterocycles. The monoisotopic (exact) mass is 248 g/mol. The Bertz CT molecular complexity index is 376. The Hall–Kier alpha value is -1.49. The van der Waals surface area contributed by atoms with E-state index < -0.39 is 0 Å². The lowest BCUT2D eigenvalue weighted by molar-refractivity contribution is 0.0735. The fraction of sp³-hybridized carbons (Fsp3) is 0.615. The van der Waals surface area contributed by atoms with Crippen molar-refractivity contribution in [2.45, 2.75) is 32.2 Å². The van der Waals surface area contributed by atoms with Crippen LogP contribution in [0.1, 0.15) is 36.7 Å². The van der Waals surface area contributed by atoms with Crippen molar-refractivity contribution in [3.63, 3.8) is 0 Å². The summed E-state index contributed by atoms with van der Waals surface area (Å²) in [6.07, 6.45) is 8.29. The van der Waals surface area contributed by atoms with E-state index in [1.54, 1.807) is 12.4 Å². The number of amides is 1. The van der Waals surface area contributed by atoms with Gasteiger partial charge in [0, 0.05) is 31.5 Å². The second-order valence-electron chi connectivity index (χ2n) is 4.58. The average Bonchev–Trinajstić information content (AvgIpc) is 2.46. The zero-order chi connectivity index (χ0) is 12.8. The van der Waals surface area contributed by atoms with Crippen LogP contribution in [-0.2, 0) is 0 Å². The average molecular weight is 248 g/mol. The molecular formula is C13H20N4O. The zero-order valence-electron chi connectivity index (χ0n) is 10.8. The van der Waals surface area contributed by atoms with Gasteiger partial charge in [-0.2, -0.15) is 0 Å². The lowest BCUT2D eigenvalue weighted by Gasteiger charge is -2.29. The lowest BCUT2D eigenvalue weighted by atomic mass is 10.0. The Morgan fingerprint density at radius 3 is 3.00 bits per heavy atom. The molecule has 1 aromatic rings. The van der Waals surface area contributed by atoms with Crippen LogP contribution in [-0.4, -0.2) is 46.5 Å². The Balaban J connectivity index is 1.97. The highest BCUT2D eigenvalue weighted by Crippen LogP contribution is 2.10. The number of aromatic nitrogens is 2. The summed E-state index contributed by atoms with van der Waals surface area (Å²) in [5.74, 6) is -0.0297. The minimum absolute atomic E-state index is 0.0297. The maximum atomic E-state index is 12.2. The quantitative estimate of drug-likeness (QED) is 0.866. The summed E-state index contributed by atoms with van der Waals surface area (Å²) in [7, 11) is 0. The molecule has 0 aromatic carbocycles. The largest absolute Gasteiger partial charge is 0.336 e. The number of carbonyl (C=O) groups excluding carboxylic acids is 1. The molecule has 0 bridgehead atoms. The maximum Gasteiger partial charge on any atom is 0.274 e. The minimum atomic E-state index is -0.0297. The Labute approximate surface area is 108 Å². The highest BCUT2D eigenvalue weighted by molar-refractivity contribution is 5.91. The molecular weight excluding hydrogens is 228 g/mol. The fourth-order valence-corrected chi connectivity index (χ4v) is 2.27. The van der Waals surface area contributed by atoms with Gasteiger partial charge in [-0.25, -0.2) is 4.98 Å². The van der Waals surface area contributed by atoms with Gasteiger partial charge < -0.3 is 10.2 Å². The van der Waals surface area contributed by atoms with Crippen molar-refractivity contribution in [2.24, 2.45) is 0 Å². The smallest absolute Gasteiger partial charge is 0.274 e. The molecule has 1 aliphatic rings. The molecule has 1 unspecified atom stereocenters. The molecule has 1 fully saturated rings. The van der Waals surface area contributed by atoms with Crippen LogP contribution in [0.2, 0.25) is 0 Å². The van der Waals surface area contributed by atoms with Gasteiger partial charge in [-0.05, 0) is 26.3 Å². The molecule has 5 nitrogen and oxygen atoms in total. The van der Waals surface area contributed by atoms with E-state index in [9.17, 15) is 4.79 Å². The molecule has 1 saturated heterocycles. The SMILES string of the molecule is CCN(CC1CCCCN1)C(=O)c1cnccn1. The van der Waals surface area contributed by atoms with Gasteiger partial charge in [0.25, 0.3) is 5.91 Å². The van der Waals surface area contributed by atoms with Crippen molar-refractivity contribution >= 4 is 5.91 Å². The number of likely N-dealkylation sites (N-methyl/N-ethyl adjacent to an activating group) is 1. The van der Waals surface area contributed by atoms with Crippen molar-refractivity contribution in [3.05, 3.63) is 24.3 Å². The molecule has 1 atom stereocenters. The molecule has 0 radical (unpaired) electrons. The number of hydrogen-bond acceptors (Lipinski definition) is 4. The summed E-state index contributed by atoms with van der Waals surface area (Å²) in [6.45, 7) is 4.51. The Kier molecular flexibility index (Phi) is 4.64. The Morgan fingerprint density at radius 2 is 2.39 bits per heavy atom. The number of nitrogens with zero attached hydrogens (tertiary/aromatic N) is 3. The first-order chi connectivity index (χ1) is 8.81. The van der Waals surface area contributed by atoms with Crippen LogP contribution >= 0.6 is 0 Å². The first kappa shape index (κ1) is 13.0. The predicted molar refractivity (Wildman–Crippen MR) is 69.3 cm³/mol. The molecule has 0 aliphatic carbocycles. The van der Waals surface area contributed by atoms with Crippen LogP contribution in [0, 0.1) is 0 Å². The second kappa shape index (κ2) is 6.44. The predicted octanol–water partition coefficient (Wildman–Crippen LogP) is 1.08. The van der Waals surface area contributed by atoms with Crippen LogP contribution in [0.4, 0.5) is 0 Å². The number of rotatable bonds is 4. The van der Waals surface area contributed by atoms with Crippen LogP contribution in [0.3, 0.4) is 0 Å². The normalized spacial score (nSPS) is 19.5. The van der Waals surface area contributed by atoms with E-state index in [1.807, 2.05) is 11.8 Å². The van der Waals surface area contributed by atoms with Gasteiger partial charge in [-0.1, -0.05) is 6.42 Å². The van der Waals surface area contributed by atoms with Gasteiger partial charge in [0.2, 0.25) is 0 Å². The number of nitrogens with one attached hydrogen (secondary N) is 1. The third-order valence-electron chi connectivity index (χ3n) is 3.30. The van der Waals surface area contributed by atoms with E-state index in [-0.39, 0.29) is 5.91 Å². The van der Waals surface area contributed by atoms with Crippen LogP contribution in [0.5, 0.6) is 0 Å². The van der Waals surface area contributed by atoms with Gasteiger partial charge in [-0.3, -0.25) is 9.78 Å². The van der Waals surface area contributed by atoms with Crippen molar-refractivity contribution < 1.29 is 4.79 Å². The highest BCUT2D eigenvalue weighted by atomic mass is 16.2. The molecule has 0 saturated carbocycles. The summed E-state index contributed by atoms with van der Waals surface area (Å²) in [4.78, 5) is 22.1. The van der Waals surface area contributed by atoms with Gasteiger partial charge >= 0.3 is 0 Å². The topological polar surface area (TPSA) is 58.1 Å². The summed E-state index contributed by atoms with van der Waals surface area (Å²) in [5.41, 5.74) is 0.426. The Morgan fingerprint density at radius 1 is 1.50 bits per heavy atom. The van der Waals surface area contributed by atoms with Crippen molar-refractivity contribution in [1.29, 1.82) is 0 Å². The van der Waals surface area contributed by atoms with Gasteiger partial charge in [0.1, 0.15) is 5.69 Å². The molecule has 1 aromatic heterocycles. The summed E-state index contributed by atoms with van der Waals surface area (Å²) < 4.78 is 0. The first-order valence-electron chi connectivity index (χ1n) is 6.60. The molecule has 5 heteroatoms. The van der Waals surface area contributed by atoms with E-state index >= 15 is 0 Å². The molecule has 2 rings (SSSR count). The molecule has 0 spiro atoms. The summed E-state index contributed by atoms with van der Waals surface area (Å²) in [6, 6.07) is 0.416. The number of hydrogen-bond donors (Lipinski definition) is 1. The van der Waals surface area contributed by atoms with E-state index in [2.05, 4.69) is 15.3 Å². The third kappa shape index (κ3) is 3.26. The van der Waals surface area contributed by atoms with Crippen LogP contribution in [0.15, 0.2) is 18.6 Å². The van der Waals surface area contributed by atoms with Crippen molar-refractivity contribution in [2.75, 3.05) is 19.6 Å². The van der Waals surface area contributed by atoms with Crippen LogP contribution < -0.4 is 5.32 Å². The van der Waals surface area contributed by atoms with E-state index in [4.69, 9.17) is 0 Å². The van der Waals surface area contributed by atoms with E-state index in [1.165, 1.54) is 19.0 Å². The maximum absolute atomic E-state index is 12.2. The second-order valence-corrected chi connectivity index (χ2v) is 4.58. The third-order valence-corrected chi connectivity index (χ3v) is 3.30.